The first kappa shape index (κ1) is 22.3. The van der Waals surface area contributed by atoms with Crippen molar-refractivity contribution in [2.75, 3.05) is 7.11 Å². The molecule has 1 heterocycles. The summed E-state index contributed by atoms with van der Waals surface area (Å²) in [4.78, 5) is 26.2. The molecule has 0 saturated heterocycles. The standard InChI is InChI=1S/C25H21BrN4O3/c1-16-22(25(32)30(29-16)20-11-4-3-5-12-20)23(17-8-6-10-19(26)14-17)27-28-24(31)18-9-7-13-21(15-18)33-2/h3-15,29H,1-2H3,(H,28,31)/b27-23+. The summed E-state index contributed by atoms with van der Waals surface area (Å²) < 4.78 is 7.47. The number of methoxy groups -OCH3 is 1. The summed E-state index contributed by atoms with van der Waals surface area (Å²) in [6.45, 7) is 1.80. The van der Waals surface area contributed by atoms with E-state index in [0.29, 0.717) is 39.5 Å². The van der Waals surface area contributed by atoms with Crippen LogP contribution in [0.2, 0.25) is 0 Å². The van der Waals surface area contributed by atoms with Crippen molar-refractivity contribution in [3.63, 3.8) is 0 Å². The Morgan fingerprint density at radius 3 is 2.45 bits per heavy atom. The van der Waals surface area contributed by atoms with Crippen molar-refractivity contribution in [3.05, 3.63) is 116 Å². The highest BCUT2D eigenvalue weighted by molar-refractivity contribution is 9.10. The smallest absolute Gasteiger partial charge is 0.281 e. The Morgan fingerprint density at radius 1 is 1.00 bits per heavy atom. The molecule has 0 aliphatic carbocycles. The second-order valence-electron chi connectivity index (χ2n) is 7.23. The topological polar surface area (TPSA) is 88.5 Å². The van der Waals surface area contributed by atoms with Gasteiger partial charge in [0.1, 0.15) is 11.5 Å². The Balaban J connectivity index is 1.79. The molecule has 33 heavy (non-hydrogen) atoms. The fourth-order valence-corrected chi connectivity index (χ4v) is 3.82. The van der Waals surface area contributed by atoms with Crippen molar-refractivity contribution < 1.29 is 9.53 Å². The Labute approximate surface area is 198 Å². The van der Waals surface area contributed by atoms with Crippen LogP contribution in [0.3, 0.4) is 0 Å². The van der Waals surface area contributed by atoms with Gasteiger partial charge in [-0.1, -0.05) is 52.3 Å². The molecule has 0 spiro atoms. The molecule has 7 nitrogen and oxygen atoms in total. The van der Waals surface area contributed by atoms with Crippen molar-refractivity contribution >= 4 is 27.5 Å². The normalized spacial score (nSPS) is 11.3. The van der Waals surface area contributed by atoms with E-state index >= 15 is 0 Å². The highest BCUT2D eigenvalue weighted by atomic mass is 79.9. The molecule has 1 aromatic heterocycles. The van der Waals surface area contributed by atoms with E-state index in [-0.39, 0.29) is 5.56 Å². The lowest BCUT2D eigenvalue weighted by Gasteiger charge is -2.08. The molecular weight excluding hydrogens is 484 g/mol. The summed E-state index contributed by atoms with van der Waals surface area (Å²) in [5.41, 5.74) is 5.42. The van der Waals surface area contributed by atoms with Crippen LogP contribution in [-0.4, -0.2) is 28.5 Å². The van der Waals surface area contributed by atoms with E-state index < -0.39 is 5.91 Å². The lowest BCUT2D eigenvalue weighted by molar-refractivity contribution is 0.0954. The Kier molecular flexibility index (Phi) is 6.55. The quantitative estimate of drug-likeness (QED) is 0.300. The summed E-state index contributed by atoms with van der Waals surface area (Å²) in [5, 5.41) is 7.50. The monoisotopic (exact) mass is 504 g/mol. The van der Waals surface area contributed by atoms with E-state index in [1.807, 2.05) is 54.6 Å². The van der Waals surface area contributed by atoms with Crippen LogP contribution < -0.4 is 15.7 Å². The van der Waals surface area contributed by atoms with Gasteiger partial charge in [-0.15, -0.1) is 0 Å². The van der Waals surface area contributed by atoms with Crippen LogP contribution in [0.1, 0.15) is 27.2 Å². The predicted molar refractivity (Wildman–Crippen MR) is 131 cm³/mol. The molecule has 2 N–H and O–H groups in total. The van der Waals surface area contributed by atoms with E-state index in [4.69, 9.17) is 4.74 Å². The minimum absolute atomic E-state index is 0.270. The number of benzene rings is 3. The average Bonchev–Trinajstić information content (AvgIpc) is 3.13. The Bertz CT molecular complexity index is 1390. The van der Waals surface area contributed by atoms with E-state index in [1.54, 1.807) is 31.2 Å². The fourth-order valence-electron chi connectivity index (χ4n) is 3.42. The molecule has 0 aliphatic rings. The van der Waals surface area contributed by atoms with Gasteiger partial charge >= 0.3 is 0 Å². The van der Waals surface area contributed by atoms with Gasteiger partial charge in [0.05, 0.1) is 18.4 Å². The van der Waals surface area contributed by atoms with Gasteiger partial charge in [-0.3, -0.25) is 14.7 Å². The number of halogens is 1. The van der Waals surface area contributed by atoms with Crippen LogP contribution in [0.5, 0.6) is 5.75 Å². The second kappa shape index (κ2) is 9.70. The molecule has 0 bridgehead atoms. The van der Waals surface area contributed by atoms with E-state index in [9.17, 15) is 9.59 Å². The molecule has 0 radical (unpaired) electrons. The van der Waals surface area contributed by atoms with Crippen molar-refractivity contribution in [1.29, 1.82) is 0 Å². The number of nitrogens with zero attached hydrogens (tertiary/aromatic N) is 2. The minimum atomic E-state index is -0.419. The van der Waals surface area contributed by atoms with E-state index in [2.05, 4.69) is 31.6 Å². The molecule has 0 saturated carbocycles. The number of rotatable bonds is 6. The minimum Gasteiger partial charge on any atom is -0.497 e. The summed E-state index contributed by atoms with van der Waals surface area (Å²) in [6.07, 6.45) is 0. The third-order valence-electron chi connectivity index (χ3n) is 5.02. The maximum absolute atomic E-state index is 13.4. The number of hydrogen-bond donors (Lipinski definition) is 2. The summed E-state index contributed by atoms with van der Waals surface area (Å²) in [5.74, 6) is 0.143. The zero-order chi connectivity index (χ0) is 23.4. The summed E-state index contributed by atoms with van der Waals surface area (Å²) in [7, 11) is 1.53. The molecule has 0 atom stereocenters. The van der Waals surface area contributed by atoms with Gasteiger partial charge in [0, 0.05) is 21.3 Å². The van der Waals surface area contributed by atoms with Crippen molar-refractivity contribution in [2.45, 2.75) is 6.92 Å². The van der Waals surface area contributed by atoms with Gasteiger partial charge < -0.3 is 4.74 Å². The molecule has 4 aromatic rings. The number of aryl methyl sites for hydroxylation is 1. The summed E-state index contributed by atoms with van der Waals surface area (Å²) >= 11 is 3.47. The number of amides is 1. The predicted octanol–water partition coefficient (Wildman–Crippen LogP) is 4.43. The number of carbonyl (C=O) groups excluding carboxylic acids is 1. The first-order valence-electron chi connectivity index (χ1n) is 10.1. The van der Waals surface area contributed by atoms with Crippen molar-refractivity contribution in [2.24, 2.45) is 5.10 Å². The first-order chi connectivity index (χ1) is 16.0. The van der Waals surface area contributed by atoms with Gasteiger partial charge in [-0.2, -0.15) is 5.10 Å². The number of hydrazone groups is 1. The van der Waals surface area contributed by atoms with Crippen LogP contribution >= 0.6 is 15.9 Å². The van der Waals surface area contributed by atoms with Crippen molar-refractivity contribution in [1.82, 2.24) is 15.2 Å². The number of nitrogens with one attached hydrogen (secondary N) is 2. The Hall–Kier alpha value is -3.91. The van der Waals surface area contributed by atoms with Gasteiger partial charge in [-0.25, -0.2) is 10.1 Å². The van der Waals surface area contributed by atoms with Crippen LogP contribution in [0.4, 0.5) is 0 Å². The third-order valence-corrected chi connectivity index (χ3v) is 5.52. The lowest BCUT2D eigenvalue weighted by atomic mass is 10.0. The van der Waals surface area contributed by atoms with Crippen molar-refractivity contribution in [3.8, 4) is 11.4 Å². The number of aromatic amines is 1. The third kappa shape index (κ3) is 4.80. The molecule has 3 aromatic carbocycles. The zero-order valence-corrected chi connectivity index (χ0v) is 19.6. The molecule has 0 aliphatic heterocycles. The lowest BCUT2D eigenvalue weighted by Crippen LogP contribution is -2.25. The summed E-state index contributed by atoms with van der Waals surface area (Å²) in [6, 6.07) is 23.4. The largest absolute Gasteiger partial charge is 0.497 e. The average molecular weight is 505 g/mol. The highest BCUT2D eigenvalue weighted by Gasteiger charge is 2.20. The molecule has 1 amide bonds. The molecule has 166 valence electrons. The maximum atomic E-state index is 13.4. The van der Waals surface area contributed by atoms with Gasteiger partial charge in [0.15, 0.2) is 0 Å². The molecule has 0 unspecified atom stereocenters. The van der Waals surface area contributed by atoms with Crippen LogP contribution in [-0.2, 0) is 0 Å². The SMILES string of the molecule is COc1cccc(C(=O)N/N=C(\c2cccc(Br)c2)c2c(C)[nH]n(-c3ccccc3)c2=O)c1. The Morgan fingerprint density at radius 2 is 1.73 bits per heavy atom. The number of aromatic nitrogens is 2. The van der Waals surface area contributed by atoms with E-state index in [0.717, 1.165) is 4.47 Å². The van der Waals surface area contributed by atoms with Gasteiger partial charge in [0.2, 0.25) is 0 Å². The van der Waals surface area contributed by atoms with Gasteiger partial charge in [0.25, 0.3) is 11.5 Å². The molecular formula is C25H21BrN4O3. The number of hydrogen-bond acceptors (Lipinski definition) is 4. The molecule has 4 rings (SSSR count). The van der Waals surface area contributed by atoms with Gasteiger partial charge in [-0.05, 0) is 49.4 Å². The second-order valence-corrected chi connectivity index (χ2v) is 8.15. The number of H-pyrrole nitrogens is 1. The molecule has 0 fully saturated rings. The molecule has 8 heteroatoms. The first-order valence-corrected chi connectivity index (χ1v) is 10.9. The van der Waals surface area contributed by atoms with Crippen LogP contribution in [0, 0.1) is 6.92 Å². The number of para-hydroxylation sites is 1. The van der Waals surface area contributed by atoms with Crippen LogP contribution in [0.25, 0.3) is 5.69 Å². The zero-order valence-electron chi connectivity index (χ0n) is 18.0. The highest BCUT2D eigenvalue weighted by Crippen LogP contribution is 2.18. The number of ether oxygens (including phenoxy) is 1. The fraction of sp³-hybridized carbons (Fsp3) is 0.0800. The van der Waals surface area contributed by atoms with E-state index in [1.165, 1.54) is 11.8 Å². The van der Waals surface area contributed by atoms with Crippen LogP contribution in [0.15, 0.2) is 93.2 Å². The number of carbonyl (C=O) groups is 1. The maximum Gasteiger partial charge on any atom is 0.281 e.